The summed E-state index contributed by atoms with van der Waals surface area (Å²) in [6, 6.07) is 11.0. The highest BCUT2D eigenvalue weighted by Gasteiger charge is 2.21. The lowest BCUT2D eigenvalue weighted by atomic mass is 10.2. The topological polar surface area (TPSA) is 87.6 Å². The molecule has 0 bridgehead atoms. The average Bonchev–Trinajstić information content (AvgIpc) is 3.41. The Morgan fingerprint density at radius 3 is 2.59 bits per heavy atom. The first kappa shape index (κ1) is 19.6. The number of furan rings is 1. The highest BCUT2D eigenvalue weighted by Crippen LogP contribution is 2.19. The Morgan fingerprint density at radius 2 is 1.86 bits per heavy atom. The summed E-state index contributed by atoms with van der Waals surface area (Å²) in [6.45, 7) is 4.70. The minimum atomic E-state index is -0.000595. The van der Waals surface area contributed by atoms with Crippen LogP contribution in [-0.4, -0.2) is 58.6 Å². The zero-order valence-corrected chi connectivity index (χ0v) is 16.6. The number of hydrogen-bond acceptors (Lipinski definition) is 7. The zero-order chi connectivity index (χ0) is 20.1. The van der Waals surface area contributed by atoms with Gasteiger partial charge >= 0.3 is 0 Å². The molecule has 0 saturated carbocycles. The lowest BCUT2D eigenvalue weighted by Crippen LogP contribution is -2.49. The van der Waals surface area contributed by atoms with Gasteiger partial charge in [0, 0.05) is 36.8 Å². The molecule has 1 aliphatic rings. The molecule has 2 aromatic heterocycles. The van der Waals surface area contributed by atoms with Gasteiger partial charge in [-0.25, -0.2) is 0 Å². The van der Waals surface area contributed by atoms with Gasteiger partial charge in [0.15, 0.2) is 0 Å². The Morgan fingerprint density at radius 1 is 1.10 bits per heavy atom. The largest absolute Gasteiger partial charge is 0.467 e. The summed E-state index contributed by atoms with van der Waals surface area (Å²) in [7, 11) is 0. The predicted molar refractivity (Wildman–Crippen MR) is 107 cm³/mol. The normalized spacial score (nSPS) is 15.5. The van der Waals surface area contributed by atoms with Crippen LogP contribution in [0.1, 0.15) is 11.7 Å². The number of carbonyl (C=O) groups excluding carboxylic acids is 1. The van der Waals surface area contributed by atoms with Crippen molar-refractivity contribution in [2.45, 2.75) is 13.1 Å². The monoisotopic (exact) mass is 415 g/mol. The summed E-state index contributed by atoms with van der Waals surface area (Å²) < 4.78 is 10.6. The van der Waals surface area contributed by atoms with E-state index in [1.54, 1.807) is 18.4 Å². The molecule has 0 atom stereocenters. The molecule has 29 heavy (non-hydrogen) atoms. The summed E-state index contributed by atoms with van der Waals surface area (Å²) in [4.78, 5) is 20.9. The van der Waals surface area contributed by atoms with Crippen LogP contribution < -0.4 is 5.32 Å². The van der Waals surface area contributed by atoms with E-state index < -0.39 is 0 Å². The molecule has 0 aliphatic carbocycles. The van der Waals surface area contributed by atoms with Gasteiger partial charge in [-0.2, -0.15) is 4.98 Å². The number of nitrogens with zero attached hydrogens (tertiary/aromatic N) is 4. The number of nitrogens with one attached hydrogen (secondary N) is 1. The van der Waals surface area contributed by atoms with E-state index in [1.807, 2.05) is 24.3 Å². The Labute approximate surface area is 173 Å². The van der Waals surface area contributed by atoms with Gasteiger partial charge < -0.3 is 14.3 Å². The second-order valence-corrected chi connectivity index (χ2v) is 7.36. The fraction of sp³-hybridized carbons (Fsp3) is 0.350. The van der Waals surface area contributed by atoms with Crippen LogP contribution in [0.15, 0.2) is 51.6 Å². The zero-order valence-electron chi connectivity index (χ0n) is 15.9. The van der Waals surface area contributed by atoms with Crippen LogP contribution in [0.5, 0.6) is 0 Å². The lowest BCUT2D eigenvalue weighted by Gasteiger charge is -2.33. The molecule has 1 N–H and O–H groups in total. The van der Waals surface area contributed by atoms with E-state index >= 15 is 0 Å². The summed E-state index contributed by atoms with van der Waals surface area (Å²) in [5, 5.41) is 7.60. The Bertz CT molecular complexity index is 918. The highest BCUT2D eigenvalue weighted by molar-refractivity contribution is 6.30. The molecule has 1 fully saturated rings. The molecule has 3 heterocycles. The quantitative estimate of drug-likeness (QED) is 0.634. The van der Waals surface area contributed by atoms with Gasteiger partial charge in [0.25, 0.3) is 0 Å². The van der Waals surface area contributed by atoms with Crippen molar-refractivity contribution in [3.63, 3.8) is 0 Å². The van der Waals surface area contributed by atoms with Crippen LogP contribution in [0, 0.1) is 0 Å². The van der Waals surface area contributed by atoms with Gasteiger partial charge in [-0.3, -0.25) is 14.6 Å². The van der Waals surface area contributed by atoms with Crippen molar-refractivity contribution in [2.75, 3.05) is 32.7 Å². The molecule has 152 valence electrons. The summed E-state index contributed by atoms with van der Waals surface area (Å²) in [6.07, 6.45) is 1.60. The van der Waals surface area contributed by atoms with Crippen LogP contribution >= 0.6 is 11.6 Å². The van der Waals surface area contributed by atoms with Crippen LogP contribution in [0.2, 0.25) is 5.02 Å². The Hall–Kier alpha value is -2.68. The molecule has 0 spiro atoms. The van der Waals surface area contributed by atoms with Gasteiger partial charge in [0.1, 0.15) is 5.76 Å². The molecular weight excluding hydrogens is 394 g/mol. The van der Waals surface area contributed by atoms with Crippen LogP contribution in [0.4, 0.5) is 0 Å². The molecule has 0 unspecified atom stereocenters. The minimum Gasteiger partial charge on any atom is -0.467 e. The number of rotatable bonds is 7. The highest BCUT2D eigenvalue weighted by atomic mass is 35.5. The number of halogens is 1. The maximum Gasteiger partial charge on any atom is 0.241 e. The molecule has 0 radical (unpaired) electrons. The van der Waals surface area contributed by atoms with E-state index in [9.17, 15) is 4.79 Å². The maximum absolute atomic E-state index is 12.1. The van der Waals surface area contributed by atoms with Crippen LogP contribution in [0.3, 0.4) is 0 Å². The molecule has 1 aromatic carbocycles. The molecule has 1 aliphatic heterocycles. The number of benzene rings is 1. The summed E-state index contributed by atoms with van der Waals surface area (Å²) >= 11 is 5.91. The van der Waals surface area contributed by atoms with Crippen molar-refractivity contribution >= 4 is 17.5 Å². The van der Waals surface area contributed by atoms with E-state index in [0.29, 0.717) is 36.4 Å². The molecule has 1 amide bonds. The molecule has 3 aromatic rings. The summed E-state index contributed by atoms with van der Waals surface area (Å²) in [5.74, 6) is 1.89. The van der Waals surface area contributed by atoms with E-state index in [0.717, 1.165) is 37.5 Å². The SMILES string of the molecule is O=C(CN1CCN(Cc2nc(-c3ccc(Cl)cc3)no2)CC1)NCc1ccco1. The van der Waals surface area contributed by atoms with Crippen molar-refractivity contribution in [2.24, 2.45) is 0 Å². The van der Waals surface area contributed by atoms with Crippen molar-refractivity contribution in [3.05, 3.63) is 59.3 Å². The number of aromatic nitrogens is 2. The fourth-order valence-corrected chi connectivity index (χ4v) is 3.32. The smallest absolute Gasteiger partial charge is 0.241 e. The number of amides is 1. The van der Waals surface area contributed by atoms with Gasteiger partial charge in [-0.1, -0.05) is 16.8 Å². The third kappa shape index (κ3) is 5.44. The molecule has 8 nitrogen and oxygen atoms in total. The minimum absolute atomic E-state index is 0.000595. The molecule has 1 saturated heterocycles. The Balaban J connectivity index is 1.21. The van der Waals surface area contributed by atoms with Gasteiger partial charge in [0.05, 0.1) is 25.9 Å². The van der Waals surface area contributed by atoms with Gasteiger partial charge in [0.2, 0.25) is 17.6 Å². The number of piperazine rings is 1. The first-order valence-corrected chi connectivity index (χ1v) is 9.86. The number of carbonyl (C=O) groups is 1. The number of hydrogen-bond donors (Lipinski definition) is 1. The van der Waals surface area contributed by atoms with E-state index in [1.165, 1.54) is 0 Å². The van der Waals surface area contributed by atoms with Crippen molar-refractivity contribution in [3.8, 4) is 11.4 Å². The molecule has 9 heteroatoms. The van der Waals surface area contributed by atoms with E-state index in [2.05, 4.69) is 25.3 Å². The average molecular weight is 416 g/mol. The van der Waals surface area contributed by atoms with Crippen LogP contribution in [0.25, 0.3) is 11.4 Å². The first-order valence-electron chi connectivity index (χ1n) is 9.48. The lowest BCUT2D eigenvalue weighted by molar-refractivity contribution is -0.123. The Kier molecular flexibility index (Phi) is 6.24. The first-order chi connectivity index (χ1) is 14.2. The van der Waals surface area contributed by atoms with Crippen LogP contribution in [-0.2, 0) is 17.9 Å². The van der Waals surface area contributed by atoms with Crippen molar-refractivity contribution < 1.29 is 13.7 Å². The summed E-state index contributed by atoms with van der Waals surface area (Å²) in [5.41, 5.74) is 0.870. The third-order valence-electron chi connectivity index (χ3n) is 4.80. The fourth-order valence-electron chi connectivity index (χ4n) is 3.19. The molecular formula is C20H22ClN5O3. The van der Waals surface area contributed by atoms with Gasteiger partial charge in [-0.15, -0.1) is 0 Å². The van der Waals surface area contributed by atoms with E-state index in [-0.39, 0.29) is 5.91 Å². The predicted octanol–water partition coefficient (Wildman–Crippen LogP) is 2.42. The van der Waals surface area contributed by atoms with E-state index in [4.69, 9.17) is 20.5 Å². The second kappa shape index (κ2) is 9.21. The van der Waals surface area contributed by atoms with Crippen molar-refractivity contribution in [1.82, 2.24) is 25.3 Å². The third-order valence-corrected chi connectivity index (χ3v) is 5.05. The second-order valence-electron chi connectivity index (χ2n) is 6.93. The van der Waals surface area contributed by atoms with Crippen molar-refractivity contribution in [1.29, 1.82) is 0 Å². The van der Waals surface area contributed by atoms with Gasteiger partial charge in [-0.05, 0) is 36.4 Å². The standard InChI is InChI=1S/C20H22ClN5O3/c21-16-5-3-15(4-6-16)20-23-19(29-24-20)14-26-9-7-25(8-10-26)13-18(27)22-12-17-2-1-11-28-17/h1-6,11H,7-10,12-14H2,(H,22,27). The maximum atomic E-state index is 12.1. The molecule has 4 rings (SSSR count).